The zero-order chi connectivity index (χ0) is 34.3. The van der Waals surface area contributed by atoms with Crippen LogP contribution in [0.2, 0.25) is 0 Å². The fraction of sp³-hybridized carbons (Fsp3) is 0.189. The van der Waals surface area contributed by atoms with Crippen molar-refractivity contribution in [3.8, 4) is 17.2 Å². The first kappa shape index (κ1) is 33.7. The maximum atomic E-state index is 14.2. The molecule has 6 rings (SSSR count). The molecule has 0 saturated carbocycles. The number of benzene rings is 4. The van der Waals surface area contributed by atoms with E-state index in [1.54, 1.807) is 60.7 Å². The second-order valence-corrected chi connectivity index (χ2v) is 13.1. The average Bonchev–Trinajstić information content (AvgIpc) is 3.71. The Morgan fingerprint density at radius 3 is 2.43 bits per heavy atom. The van der Waals surface area contributed by atoms with Crippen molar-refractivity contribution in [3.05, 3.63) is 131 Å². The van der Waals surface area contributed by atoms with Gasteiger partial charge in [-0.1, -0.05) is 84.6 Å². The van der Waals surface area contributed by atoms with Gasteiger partial charge >= 0.3 is 5.91 Å². The highest BCUT2D eigenvalue weighted by Crippen LogP contribution is 2.46. The number of Topliss-reactive ketones (excluding diaryl/α,β-unsaturated/α-hetero) is 1. The average molecular weight is 698 g/mol. The molecule has 0 bridgehead atoms. The summed E-state index contributed by atoms with van der Waals surface area (Å²) in [5, 5.41) is 20.2. The third-order valence-corrected chi connectivity index (χ3v) is 9.80. The summed E-state index contributed by atoms with van der Waals surface area (Å²) >= 11 is 2.35. The van der Waals surface area contributed by atoms with Gasteiger partial charge in [0.2, 0.25) is 5.13 Å². The lowest BCUT2D eigenvalue weighted by Crippen LogP contribution is -2.29. The third kappa shape index (κ3) is 7.45. The number of ketones is 1. The molecule has 12 heteroatoms. The molecular formula is C37H32FN3O6S2. The van der Waals surface area contributed by atoms with Crippen LogP contribution in [0.25, 0.3) is 5.76 Å². The Hall–Kier alpha value is -5.20. The quantitative estimate of drug-likeness (QED) is 0.0431. The summed E-state index contributed by atoms with van der Waals surface area (Å²) < 4.78 is 32.1. The van der Waals surface area contributed by atoms with Crippen LogP contribution < -0.4 is 19.1 Å². The number of halogens is 1. The van der Waals surface area contributed by atoms with Gasteiger partial charge in [0.1, 0.15) is 23.9 Å². The Kier molecular flexibility index (Phi) is 10.6. The van der Waals surface area contributed by atoms with Crippen LogP contribution in [-0.2, 0) is 21.9 Å². The number of thioether (sulfide) groups is 1. The predicted molar refractivity (Wildman–Crippen MR) is 187 cm³/mol. The first-order valence-corrected chi connectivity index (χ1v) is 17.3. The van der Waals surface area contributed by atoms with Crippen LogP contribution in [0.3, 0.4) is 0 Å². The molecule has 0 aliphatic carbocycles. The largest absolute Gasteiger partial charge is 0.507 e. The van der Waals surface area contributed by atoms with Gasteiger partial charge in [0, 0.05) is 11.3 Å². The Labute approximate surface area is 291 Å². The van der Waals surface area contributed by atoms with Gasteiger partial charge in [-0.2, -0.15) is 0 Å². The standard InChI is InChI=1S/C37H32FN3O6S2/c1-3-19-46-27-16-13-24(14-17-27)33(42)31-32(25-15-18-29(30(20-25)45-2)47-21-23-9-5-4-6-10-23)41(35(44)34(31)43)36-39-40-37(49-36)48-22-26-11-7-8-12-28(26)38/h4-18,20,32,42H,3,19,21-22H2,1-2H3/b33-31-. The van der Waals surface area contributed by atoms with E-state index in [4.69, 9.17) is 14.2 Å². The van der Waals surface area contributed by atoms with Crippen LogP contribution in [0.4, 0.5) is 9.52 Å². The van der Waals surface area contributed by atoms with E-state index in [2.05, 4.69) is 10.2 Å². The van der Waals surface area contributed by atoms with Gasteiger partial charge in [-0.15, -0.1) is 10.2 Å². The minimum absolute atomic E-state index is 0.122. The van der Waals surface area contributed by atoms with Crippen molar-refractivity contribution in [1.29, 1.82) is 0 Å². The summed E-state index contributed by atoms with van der Waals surface area (Å²) in [7, 11) is 1.50. The van der Waals surface area contributed by atoms with Gasteiger partial charge in [0.05, 0.1) is 25.3 Å². The molecule has 1 fully saturated rings. The Bertz CT molecular complexity index is 1980. The molecule has 1 aromatic heterocycles. The number of aliphatic hydroxyl groups is 1. The minimum Gasteiger partial charge on any atom is -0.507 e. The molecule has 0 radical (unpaired) electrons. The van der Waals surface area contributed by atoms with Crippen molar-refractivity contribution in [2.45, 2.75) is 36.1 Å². The first-order valence-electron chi connectivity index (χ1n) is 15.5. The van der Waals surface area contributed by atoms with Crippen LogP contribution >= 0.6 is 23.1 Å². The molecule has 9 nitrogen and oxygen atoms in total. The molecule has 5 aromatic rings. The number of ether oxygens (including phenoxy) is 3. The summed E-state index contributed by atoms with van der Waals surface area (Å²) in [6, 6.07) is 26.8. The highest BCUT2D eigenvalue weighted by atomic mass is 32.2. The molecule has 49 heavy (non-hydrogen) atoms. The van der Waals surface area contributed by atoms with E-state index in [1.165, 1.54) is 29.8 Å². The van der Waals surface area contributed by atoms with Crippen molar-refractivity contribution < 1.29 is 33.3 Å². The number of carbonyl (C=O) groups is 2. The van der Waals surface area contributed by atoms with E-state index >= 15 is 0 Å². The molecule has 1 atom stereocenters. The highest BCUT2D eigenvalue weighted by Gasteiger charge is 2.48. The molecule has 2 heterocycles. The normalized spacial score (nSPS) is 15.4. The second kappa shape index (κ2) is 15.3. The van der Waals surface area contributed by atoms with E-state index in [0.717, 1.165) is 23.3 Å². The molecule has 1 N–H and O–H groups in total. The van der Waals surface area contributed by atoms with Gasteiger partial charge in [-0.25, -0.2) is 4.39 Å². The molecule has 1 amide bonds. The SMILES string of the molecule is CCCOc1ccc(/C(O)=C2/C(=O)C(=O)N(c3nnc(SCc4ccccc4F)s3)C2c2ccc(OCc3ccccc3)c(OC)c2)cc1. The van der Waals surface area contributed by atoms with Gasteiger partial charge in [0.15, 0.2) is 15.8 Å². The number of aliphatic hydroxyl groups excluding tert-OH is 1. The van der Waals surface area contributed by atoms with E-state index < -0.39 is 17.7 Å². The molecular weight excluding hydrogens is 666 g/mol. The van der Waals surface area contributed by atoms with Gasteiger partial charge in [-0.05, 0) is 65.6 Å². The number of hydrogen-bond acceptors (Lipinski definition) is 10. The maximum absolute atomic E-state index is 14.2. The number of aromatic nitrogens is 2. The molecule has 1 saturated heterocycles. The molecule has 1 unspecified atom stereocenters. The van der Waals surface area contributed by atoms with Gasteiger partial charge in [0.25, 0.3) is 5.78 Å². The topological polar surface area (TPSA) is 111 Å². The summed E-state index contributed by atoms with van der Waals surface area (Å²) in [5.74, 6) is -0.709. The van der Waals surface area contributed by atoms with Crippen molar-refractivity contribution in [2.75, 3.05) is 18.6 Å². The van der Waals surface area contributed by atoms with E-state index in [9.17, 15) is 19.1 Å². The monoisotopic (exact) mass is 697 g/mol. The third-order valence-electron chi connectivity index (χ3n) is 7.70. The van der Waals surface area contributed by atoms with E-state index in [1.807, 2.05) is 37.3 Å². The number of methoxy groups -OCH3 is 1. The molecule has 0 spiro atoms. The Morgan fingerprint density at radius 1 is 0.939 bits per heavy atom. The zero-order valence-electron chi connectivity index (χ0n) is 26.7. The lowest BCUT2D eigenvalue weighted by atomic mass is 9.95. The number of rotatable bonds is 13. The molecule has 4 aromatic carbocycles. The van der Waals surface area contributed by atoms with Crippen molar-refractivity contribution in [3.63, 3.8) is 0 Å². The maximum Gasteiger partial charge on any atom is 0.301 e. The minimum atomic E-state index is -1.08. The number of amides is 1. The lowest BCUT2D eigenvalue weighted by molar-refractivity contribution is -0.132. The summed E-state index contributed by atoms with van der Waals surface area (Å²) in [4.78, 5) is 28.7. The Balaban J connectivity index is 1.37. The van der Waals surface area contributed by atoms with Crippen LogP contribution in [0, 0.1) is 5.82 Å². The lowest BCUT2D eigenvalue weighted by Gasteiger charge is -2.23. The van der Waals surface area contributed by atoms with E-state index in [0.29, 0.717) is 57.2 Å². The predicted octanol–water partition coefficient (Wildman–Crippen LogP) is 7.97. The Morgan fingerprint density at radius 2 is 1.69 bits per heavy atom. The summed E-state index contributed by atoms with van der Waals surface area (Å²) in [6.45, 7) is 2.83. The molecule has 250 valence electrons. The summed E-state index contributed by atoms with van der Waals surface area (Å²) in [5.41, 5.74) is 2.15. The fourth-order valence-corrected chi connectivity index (χ4v) is 7.11. The smallest absolute Gasteiger partial charge is 0.301 e. The van der Waals surface area contributed by atoms with Crippen LogP contribution in [0.15, 0.2) is 107 Å². The van der Waals surface area contributed by atoms with Crippen LogP contribution in [0.5, 0.6) is 17.2 Å². The van der Waals surface area contributed by atoms with Crippen LogP contribution in [0.1, 0.15) is 41.6 Å². The van der Waals surface area contributed by atoms with Gasteiger partial charge < -0.3 is 19.3 Å². The molecule has 1 aliphatic rings. The van der Waals surface area contributed by atoms with Crippen molar-refractivity contribution in [2.24, 2.45) is 0 Å². The highest BCUT2D eigenvalue weighted by molar-refractivity contribution is 8.00. The number of nitrogens with zero attached hydrogens (tertiary/aromatic N) is 3. The number of anilines is 1. The van der Waals surface area contributed by atoms with Crippen molar-refractivity contribution >= 4 is 45.7 Å². The fourth-order valence-electron chi connectivity index (χ4n) is 5.25. The van der Waals surface area contributed by atoms with Crippen LogP contribution in [-0.4, -0.2) is 40.7 Å². The second-order valence-electron chi connectivity index (χ2n) is 11.0. The summed E-state index contributed by atoms with van der Waals surface area (Å²) in [6.07, 6.45) is 0.833. The van der Waals surface area contributed by atoms with Crippen molar-refractivity contribution in [1.82, 2.24) is 10.2 Å². The number of hydrogen-bond donors (Lipinski definition) is 1. The zero-order valence-corrected chi connectivity index (χ0v) is 28.3. The molecule has 1 aliphatic heterocycles. The van der Waals surface area contributed by atoms with Gasteiger partial charge in [-0.3, -0.25) is 14.5 Å². The number of carbonyl (C=O) groups excluding carboxylic acids is 2. The van der Waals surface area contributed by atoms with E-state index in [-0.39, 0.29) is 22.3 Å². The first-order chi connectivity index (χ1) is 23.9.